The maximum Gasteiger partial charge on any atom is 0.190 e. The van der Waals surface area contributed by atoms with Crippen LogP contribution in [0.4, 0.5) is 0 Å². The SMILES string of the molecule is CCOC(=N)CSc1ccc(Cl)cc1. The summed E-state index contributed by atoms with van der Waals surface area (Å²) in [6, 6.07) is 7.56. The van der Waals surface area contributed by atoms with Gasteiger partial charge in [-0.15, -0.1) is 11.8 Å². The van der Waals surface area contributed by atoms with Crippen molar-refractivity contribution in [2.24, 2.45) is 0 Å². The predicted molar refractivity (Wildman–Crippen MR) is 61.5 cm³/mol. The van der Waals surface area contributed by atoms with Crippen molar-refractivity contribution in [2.75, 3.05) is 12.4 Å². The number of nitrogens with one attached hydrogen (secondary N) is 1. The van der Waals surface area contributed by atoms with Gasteiger partial charge in [0.05, 0.1) is 12.4 Å². The molecule has 0 saturated heterocycles. The van der Waals surface area contributed by atoms with E-state index in [1.54, 1.807) is 11.8 Å². The first-order chi connectivity index (χ1) is 6.72. The second kappa shape index (κ2) is 5.94. The van der Waals surface area contributed by atoms with Gasteiger partial charge in [-0.1, -0.05) is 11.6 Å². The topological polar surface area (TPSA) is 33.1 Å². The number of hydrogen-bond donors (Lipinski definition) is 1. The van der Waals surface area contributed by atoms with Crippen LogP contribution < -0.4 is 0 Å². The van der Waals surface area contributed by atoms with Crippen molar-refractivity contribution in [2.45, 2.75) is 11.8 Å². The lowest BCUT2D eigenvalue weighted by molar-refractivity contribution is 0.322. The number of hydrogen-bond acceptors (Lipinski definition) is 3. The number of thioether (sulfide) groups is 1. The maximum absolute atomic E-state index is 7.41. The van der Waals surface area contributed by atoms with Crippen molar-refractivity contribution >= 4 is 29.3 Å². The molecule has 1 rings (SSSR count). The summed E-state index contributed by atoms with van der Waals surface area (Å²) in [5.74, 6) is 0.877. The fraction of sp³-hybridized carbons (Fsp3) is 0.300. The summed E-state index contributed by atoms with van der Waals surface area (Å²) in [6.07, 6.45) is 0. The van der Waals surface area contributed by atoms with Crippen molar-refractivity contribution in [3.05, 3.63) is 29.3 Å². The van der Waals surface area contributed by atoms with Crippen LogP contribution >= 0.6 is 23.4 Å². The third-order valence-electron chi connectivity index (χ3n) is 1.50. The van der Waals surface area contributed by atoms with E-state index in [-0.39, 0.29) is 0 Å². The second-order valence-corrected chi connectivity index (χ2v) is 4.08. The van der Waals surface area contributed by atoms with Gasteiger partial charge >= 0.3 is 0 Å². The zero-order chi connectivity index (χ0) is 10.4. The van der Waals surface area contributed by atoms with Crippen LogP contribution in [0.2, 0.25) is 5.02 Å². The molecule has 0 fully saturated rings. The van der Waals surface area contributed by atoms with Gasteiger partial charge in [-0.3, -0.25) is 5.41 Å². The molecule has 0 spiro atoms. The zero-order valence-corrected chi connectivity index (χ0v) is 9.49. The molecule has 0 radical (unpaired) electrons. The van der Waals surface area contributed by atoms with Gasteiger partial charge in [-0.25, -0.2) is 0 Å². The van der Waals surface area contributed by atoms with E-state index >= 15 is 0 Å². The normalized spacial score (nSPS) is 9.86. The minimum Gasteiger partial charge on any atom is -0.481 e. The summed E-state index contributed by atoms with van der Waals surface area (Å²) in [5.41, 5.74) is 0. The first kappa shape index (κ1) is 11.4. The van der Waals surface area contributed by atoms with Crippen molar-refractivity contribution < 1.29 is 4.74 Å². The lowest BCUT2D eigenvalue weighted by Crippen LogP contribution is -2.05. The minimum absolute atomic E-state index is 0.312. The van der Waals surface area contributed by atoms with Gasteiger partial charge < -0.3 is 4.74 Å². The fourth-order valence-corrected chi connectivity index (χ4v) is 1.73. The van der Waals surface area contributed by atoms with E-state index in [4.69, 9.17) is 21.7 Å². The Kier molecular flexibility index (Phi) is 4.84. The van der Waals surface area contributed by atoms with E-state index in [1.807, 2.05) is 31.2 Å². The van der Waals surface area contributed by atoms with Crippen molar-refractivity contribution in [3.8, 4) is 0 Å². The zero-order valence-electron chi connectivity index (χ0n) is 7.92. The largest absolute Gasteiger partial charge is 0.481 e. The van der Waals surface area contributed by atoms with Crippen LogP contribution in [-0.4, -0.2) is 18.3 Å². The smallest absolute Gasteiger partial charge is 0.190 e. The molecule has 0 heterocycles. The number of benzene rings is 1. The first-order valence-corrected chi connectivity index (χ1v) is 5.67. The van der Waals surface area contributed by atoms with Crippen LogP contribution in [0.25, 0.3) is 0 Å². The molecule has 4 heteroatoms. The first-order valence-electron chi connectivity index (χ1n) is 4.31. The highest BCUT2D eigenvalue weighted by Crippen LogP contribution is 2.20. The van der Waals surface area contributed by atoms with Gasteiger partial charge in [-0.05, 0) is 31.2 Å². The lowest BCUT2D eigenvalue weighted by atomic mass is 10.4. The number of ether oxygens (including phenoxy) is 1. The predicted octanol–water partition coefficient (Wildman–Crippen LogP) is 3.45. The molecular formula is C10H12ClNOS. The summed E-state index contributed by atoms with van der Waals surface area (Å²) >= 11 is 7.32. The summed E-state index contributed by atoms with van der Waals surface area (Å²) in [7, 11) is 0. The Labute approximate surface area is 93.1 Å². The molecule has 1 aromatic carbocycles. The Morgan fingerprint density at radius 3 is 2.64 bits per heavy atom. The molecule has 76 valence electrons. The van der Waals surface area contributed by atoms with Crippen LogP contribution in [0, 0.1) is 5.41 Å². The van der Waals surface area contributed by atoms with Crippen molar-refractivity contribution in [1.82, 2.24) is 0 Å². The second-order valence-electron chi connectivity index (χ2n) is 2.60. The Bertz CT molecular complexity index is 299. The quantitative estimate of drug-likeness (QED) is 0.487. The Morgan fingerprint density at radius 1 is 1.43 bits per heavy atom. The van der Waals surface area contributed by atoms with E-state index < -0.39 is 0 Å². The third-order valence-corrected chi connectivity index (χ3v) is 2.77. The van der Waals surface area contributed by atoms with E-state index in [0.29, 0.717) is 18.3 Å². The van der Waals surface area contributed by atoms with E-state index in [0.717, 1.165) is 9.92 Å². The van der Waals surface area contributed by atoms with Gasteiger partial charge in [0.2, 0.25) is 0 Å². The highest BCUT2D eigenvalue weighted by Gasteiger charge is 1.99. The Balaban J connectivity index is 2.38. The maximum atomic E-state index is 7.41. The monoisotopic (exact) mass is 229 g/mol. The van der Waals surface area contributed by atoms with Crippen LogP contribution in [-0.2, 0) is 4.74 Å². The molecule has 0 unspecified atom stereocenters. The highest BCUT2D eigenvalue weighted by molar-refractivity contribution is 8.00. The van der Waals surface area contributed by atoms with Crippen LogP contribution in [0.15, 0.2) is 29.2 Å². The number of halogens is 1. The molecule has 0 aliphatic carbocycles. The van der Waals surface area contributed by atoms with E-state index in [1.165, 1.54) is 0 Å². The Morgan fingerprint density at radius 2 is 2.07 bits per heavy atom. The standard InChI is InChI=1S/C10H12ClNOS/c1-2-13-10(12)7-14-9-5-3-8(11)4-6-9/h3-6,12H,2,7H2,1H3. The van der Waals surface area contributed by atoms with Crippen LogP contribution in [0.3, 0.4) is 0 Å². The van der Waals surface area contributed by atoms with Crippen molar-refractivity contribution in [1.29, 1.82) is 5.41 Å². The highest BCUT2D eigenvalue weighted by atomic mass is 35.5. The molecule has 0 aromatic heterocycles. The average Bonchev–Trinajstić information content (AvgIpc) is 2.17. The molecule has 14 heavy (non-hydrogen) atoms. The lowest BCUT2D eigenvalue weighted by Gasteiger charge is -2.04. The van der Waals surface area contributed by atoms with E-state index in [2.05, 4.69) is 0 Å². The van der Waals surface area contributed by atoms with Gasteiger partial charge in [0.25, 0.3) is 0 Å². The van der Waals surface area contributed by atoms with Crippen LogP contribution in [0.1, 0.15) is 6.92 Å². The van der Waals surface area contributed by atoms with Gasteiger partial charge in [0, 0.05) is 9.92 Å². The minimum atomic E-state index is 0.312. The van der Waals surface area contributed by atoms with Gasteiger partial charge in [-0.2, -0.15) is 0 Å². The molecule has 0 amide bonds. The number of rotatable bonds is 4. The molecule has 0 bridgehead atoms. The van der Waals surface area contributed by atoms with Crippen molar-refractivity contribution in [3.63, 3.8) is 0 Å². The van der Waals surface area contributed by atoms with E-state index in [9.17, 15) is 0 Å². The summed E-state index contributed by atoms with van der Waals surface area (Å²) in [4.78, 5) is 1.10. The summed E-state index contributed by atoms with van der Waals surface area (Å²) in [6.45, 7) is 2.43. The summed E-state index contributed by atoms with van der Waals surface area (Å²) in [5, 5.41) is 8.14. The summed E-state index contributed by atoms with van der Waals surface area (Å²) < 4.78 is 5.02. The average molecular weight is 230 g/mol. The molecule has 0 atom stereocenters. The molecule has 1 aromatic rings. The van der Waals surface area contributed by atoms with Crippen LogP contribution in [0.5, 0.6) is 0 Å². The Hall–Kier alpha value is -0.670. The molecule has 0 saturated carbocycles. The molecular weight excluding hydrogens is 218 g/mol. The molecule has 0 aliphatic rings. The van der Waals surface area contributed by atoms with Gasteiger partial charge in [0.15, 0.2) is 5.90 Å². The molecule has 0 aliphatic heterocycles. The molecule has 2 nitrogen and oxygen atoms in total. The van der Waals surface area contributed by atoms with Gasteiger partial charge in [0.1, 0.15) is 0 Å². The fourth-order valence-electron chi connectivity index (χ4n) is 0.896. The third kappa shape index (κ3) is 4.03. The molecule has 1 N–H and O–H groups in total.